The number of nitro benzene ring substituents is 1. The van der Waals surface area contributed by atoms with E-state index in [-0.39, 0.29) is 23.4 Å². The highest BCUT2D eigenvalue weighted by Gasteiger charge is 2.35. The van der Waals surface area contributed by atoms with Gasteiger partial charge in [0.15, 0.2) is 9.96 Å². The lowest BCUT2D eigenvalue weighted by Crippen LogP contribution is -2.39. The number of fused-ring (bicyclic) bond motifs is 1. The van der Waals surface area contributed by atoms with Crippen LogP contribution in [0, 0.1) is 24.0 Å². The summed E-state index contributed by atoms with van der Waals surface area (Å²) in [5.41, 5.74) is 2.94. The molecule has 1 atom stereocenters. The molecule has 0 fully saturated rings. The highest BCUT2D eigenvalue weighted by Crippen LogP contribution is 2.37. The Morgan fingerprint density at radius 3 is 2.51 bits per heavy atom. The monoisotopic (exact) mass is 655 g/mol. The number of thiophene rings is 1. The van der Waals surface area contributed by atoms with Gasteiger partial charge in [0.25, 0.3) is 11.2 Å². The van der Waals surface area contributed by atoms with Crippen LogP contribution in [0.1, 0.15) is 40.4 Å². The van der Waals surface area contributed by atoms with Gasteiger partial charge in [-0.25, -0.2) is 19.8 Å². The van der Waals surface area contributed by atoms with E-state index in [0.29, 0.717) is 30.6 Å². The molecule has 3 aromatic heterocycles. The summed E-state index contributed by atoms with van der Waals surface area (Å²) in [6.07, 6.45) is 1.61. The van der Waals surface area contributed by atoms with Crippen LogP contribution in [0.15, 0.2) is 97.5 Å². The van der Waals surface area contributed by atoms with E-state index in [1.165, 1.54) is 22.0 Å². The number of carbonyl (C=O) groups is 1. The second-order valence-electron chi connectivity index (χ2n) is 9.97. The smallest absolute Gasteiger partial charge is 0.338 e. The van der Waals surface area contributed by atoms with E-state index < -0.39 is 16.9 Å². The van der Waals surface area contributed by atoms with Gasteiger partial charge in [-0.2, -0.15) is 0 Å². The molecule has 0 aliphatic carbocycles. The lowest BCUT2D eigenvalue weighted by atomic mass is 9.97. The number of benzene rings is 2. The van der Waals surface area contributed by atoms with Crippen molar-refractivity contribution in [3.8, 4) is 0 Å². The summed E-state index contributed by atoms with van der Waals surface area (Å²) in [6.45, 7) is 5.57. The Labute approximate surface area is 269 Å². The van der Waals surface area contributed by atoms with Gasteiger partial charge in [0.1, 0.15) is 6.04 Å². The molecule has 0 radical (unpaired) electrons. The Morgan fingerprint density at radius 2 is 1.84 bits per heavy atom. The number of ether oxygens (including phenoxy) is 1. The normalized spacial score (nSPS) is 14.6. The van der Waals surface area contributed by atoms with Crippen LogP contribution < -0.4 is 14.9 Å². The van der Waals surface area contributed by atoms with Gasteiger partial charge in [-0.05, 0) is 67.8 Å². The van der Waals surface area contributed by atoms with Crippen LogP contribution >= 0.6 is 34.4 Å². The average molecular weight is 656 g/mol. The third-order valence-electron chi connectivity index (χ3n) is 6.83. The number of rotatable bonds is 8. The van der Waals surface area contributed by atoms with Crippen molar-refractivity contribution in [2.75, 3.05) is 6.61 Å². The van der Waals surface area contributed by atoms with Crippen LogP contribution in [0.2, 0.25) is 0 Å². The van der Waals surface area contributed by atoms with Gasteiger partial charge in [-0.1, -0.05) is 53.8 Å². The summed E-state index contributed by atoms with van der Waals surface area (Å²) in [7, 11) is 0. The van der Waals surface area contributed by atoms with Crippen LogP contribution in [-0.2, 0) is 9.53 Å². The molecule has 0 saturated carbocycles. The molecule has 13 heteroatoms. The molecular weight excluding hydrogens is 631 g/mol. The molecule has 1 aliphatic heterocycles. The van der Waals surface area contributed by atoms with Crippen molar-refractivity contribution in [1.82, 2.24) is 14.5 Å². The Kier molecular flexibility index (Phi) is 8.57. The van der Waals surface area contributed by atoms with E-state index in [0.717, 1.165) is 44.9 Å². The number of esters is 1. The van der Waals surface area contributed by atoms with E-state index in [9.17, 15) is 19.7 Å². The maximum absolute atomic E-state index is 14.0. The van der Waals surface area contributed by atoms with Gasteiger partial charge in [-0.15, -0.1) is 11.3 Å². The van der Waals surface area contributed by atoms with E-state index in [1.54, 1.807) is 25.1 Å². The summed E-state index contributed by atoms with van der Waals surface area (Å²) in [6, 6.07) is 18.9. The van der Waals surface area contributed by atoms with Gasteiger partial charge in [0.2, 0.25) is 0 Å². The number of carbonyl (C=O) groups excluding carboxylic acids is 1. The minimum Gasteiger partial charge on any atom is -0.463 e. The molecular formula is C32H25N5O5S3. The molecule has 0 N–H and O–H groups in total. The van der Waals surface area contributed by atoms with Crippen molar-refractivity contribution in [3.05, 3.63) is 135 Å². The first-order valence-corrected chi connectivity index (χ1v) is 16.3. The van der Waals surface area contributed by atoms with Crippen molar-refractivity contribution in [2.24, 2.45) is 4.99 Å². The lowest BCUT2D eigenvalue weighted by molar-refractivity contribution is -0.387. The van der Waals surface area contributed by atoms with E-state index >= 15 is 0 Å². The first-order valence-electron chi connectivity index (χ1n) is 13.8. The zero-order valence-electron chi connectivity index (χ0n) is 24.3. The molecule has 5 aromatic rings. The SMILES string of the molecule is CCOC(=O)C1=C(c2ccccc2)N=c2s/c(=C/c3ccc(Sc4nc(C)cc(C)n4)c([N+](=O)[O-])c3)c(=O)n2[C@@H]1c1cccs1. The third kappa shape index (κ3) is 6.14. The Hall–Kier alpha value is -4.72. The Bertz CT molecular complexity index is 2130. The number of aryl methyl sites for hydroxylation is 2. The fraction of sp³-hybridized carbons (Fsp3) is 0.156. The molecule has 0 bridgehead atoms. The van der Waals surface area contributed by atoms with E-state index in [1.807, 2.05) is 67.8 Å². The fourth-order valence-electron chi connectivity index (χ4n) is 5.00. The molecule has 0 spiro atoms. The van der Waals surface area contributed by atoms with E-state index in [4.69, 9.17) is 9.73 Å². The van der Waals surface area contributed by atoms with Crippen molar-refractivity contribution in [1.29, 1.82) is 0 Å². The first-order chi connectivity index (χ1) is 21.7. The summed E-state index contributed by atoms with van der Waals surface area (Å²) >= 11 is 3.69. The number of aromatic nitrogens is 3. The van der Waals surface area contributed by atoms with Crippen LogP contribution in [0.5, 0.6) is 0 Å². The molecule has 0 saturated heterocycles. The van der Waals surface area contributed by atoms with Crippen LogP contribution in [0.3, 0.4) is 0 Å². The molecule has 1 aliphatic rings. The van der Waals surface area contributed by atoms with Gasteiger partial charge in [-0.3, -0.25) is 19.5 Å². The van der Waals surface area contributed by atoms with Gasteiger partial charge < -0.3 is 4.74 Å². The molecule has 6 rings (SSSR count). The quantitative estimate of drug-likeness (QED) is 0.0933. The predicted octanol–water partition coefficient (Wildman–Crippen LogP) is 5.46. The molecule has 0 unspecified atom stereocenters. The summed E-state index contributed by atoms with van der Waals surface area (Å²) in [4.78, 5) is 54.3. The average Bonchev–Trinajstić information content (AvgIpc) is 3.65. The van der Waals surface area contributed by atoms with Gasteiger partial charge in [0, 0.05) is 27.9 Å². The molecule has 2 aromatic carbocycles. The predicted molar refractivity (Wildman–Crippen MR) is 174 cm³/mol. The Morgan fingerprint density at radius 1 is 1.09 bits per heavy atom. The zero-order valence-corrected chi connectivity index (χ0v) is 26.7. The second-order valence-corrected chi connectivity index (χ2v) is 13.0. The number of nitrogens with zero attached hydrogens (tertiary/aromatic N) is 5. The van der Waals surface area contributed by atoms with Gasteiger partial charge >= 0.3 is 5.97 Å². The summed E-state index contributed by atoms with van der Waals surface area (Å²) < 4.78 is 7.31. The Balaban J connectivity index is 1.50. The minimum atomic E-state index is -0.761. The minimum absolute atomic E-state index is 0.128. The number of nitro groups is 1. The van der Waals surface area contributed by atoms with Crippen LogP contribution in [0.25, 0.3) is 11.8 Å². The number of thiazole rings is 1. The maximum Gasteiger partial charge on any atom is 0.338 e. The molecule has 226 valence electrons. The van der Waals surface area contributed by atoms with Gasteiger partial charge in [0.05, 0.1) is 32.2 Å². The molecule has 4 heterocycles. The number of hydrogen-bond acceptors (Lipinski definition) is 11. The molecule has 10 nitrogen and oxygen atoms in total. The fourth-order valence-corrected chi connectivity index (χ4v) is 7.77. The lowest BCUT2D eigenvalue weighted by Gasteiger charge is -2.24. The number of hydrogen-bond donors (Lipinski definition) is 0. The van der Waals surface area contributed by atoms with Crippen LogP contribution in [-0.4, -0.2) is 32.0 Å². The molecule has 0 amide bonds. The summed E-state index contributed by atoms with van der Waals surface area (Å²) in [5.74, 6) is -0.552. The standard InChI is InChI=1S/C32H25N5O5S3/c1-4-42-30(39)26-27(21-9-6-5-7-10-21)35-32-36(28(26)24-11-8-14-43-24)29(38)25(45-32)17-20-12-13-23(22(16-20)37(40)41)44-31-33-18(2)15-19(3)34-31/h5-17,28H,4H2,1-3H3/b25-17+/t28-/m1/s1. The zero-order chi connectivity index (χ0) is 31.7. The molecule has 45 heavy (non-hydrogen) atoms. The third-order valence-corrected chi connectivity index (χ3v) is 9.66. The highest BCUT2D eigenvalue weighted by atomic mass is 32.2. The van der Waals surface area contributed by atoms with Crippen molar-refractivity contribution >= 4 is 57.9 Å². The van der Waals surface area contributed by atoms with Crippen molar-refractivity contribution in [3.63, 3.8) is 0 Å². The van der Waals surface area contributed by atoms with Crippen molar-refractivity contribution in [2.45, 2.75) is 36.9 Å². The summed E-state index contributed by atoms with van der Waals surface area (Å²) in [5, 5.41) is 14.4. The maximum atomic E-state index is 14.0. The largest absolute Gasteiger partial charge is 0.463 e. The first kappa shape index (κ1) is 30.3. The highest BCUT2D eigenvalue weighted by molar-refractivity contribution is 7.99. The van der Waals surface area contributed by atoms with E-state index in [2.05, 4.69) is 9.97 Å². The topological polar surface area (TPSA) is 130 Å². The van der Waals surface area contributed by atoms with Crippen LogP contribution in [0.4, 0.5) is 5.69 Å². The second kappa shape index (κ2) is 12.7. The van der Waals surface area contributed by atoms with Crippen molar-refractivity contribution < 1.29 is 14.5 Å².